The quantitative estimate of drug-likeness (QED) is 0.703. The molecule has 18 heavy (non-hydrogen) atoms. The van der Waals surface area contributed by atoms with E-state index < -0.39 is 0 Å². The second kappa shape index (κ2) is 5.75. The minimum atomic E-state index is 0.144. The van der Waals surface area contributed by atoms with E-state index in [9.17, 15) is 4.79 Å². The Morgan fingerprint density at radius 3 is 2.83 bits per heavy atom. The van der Waals surface area contributed by atoms with Crippen molar-refractivity contribution in [2.24, 2.45) is 17.8 Å². The Balaban J connectivity index is 1.78. The summed E-state index contributed by atoms with van der Waals surface area (Å²) in [6, 6.07) is 0. The summed E-state index contributed by atoms with van der Waals surface area (Å²) in [5.41, 5.74) is 0. The highest BCUT2D eigenvalue weighted by Gasteiger charge is 2.32. The van der Waals surface area contributed by atoms with Crippen LogP contribution in [0.4, 0.5) is 0 Å². The number of carbonyl (C=O) groups is 1. The summed E-state index contributed by atoms with van der Waals surface area (Å²) < 4.78 is 0. The van der Waals surface area contributed by atoms with Gasteiger partial charge in [-0.05, 0) is 24.8 Å². The lowest BCUT2D eigenvalue weighted by Crippen LogP contribution is -2.33. The number of hydrogen-bond acceptors (Lipinski definition) is 2. The van der Waals surface area contributed by atoms with Gasteiger partial charge in [0.05, 0.1) is 0 Å². The summed E-state index contributed by atoms with van der Waals surface area (Å²) in [5.74, 6) is 4.47. The van der Waals surface area contributed by atoms with Crippen LogP contribution in [0.2, 0.25) is 0 Å². The number of terminal acetylenes is 1. The second-order valence-corrected chi connectivity index (χ2v) is 6.17. The second-order valence-electron chi connectivity index (χ2n) is 6.17. The van der Waals surface area contributed by atoms with Crippen molar-refractivity contribution in [3.8, 4) is 12.3 Å². The van der Waals surface area contributed by atoms with Crippen LogP contribution in [0.5, 0.6) is 0 Å². The molecule has 2 unspecified atom stereocenters. The molecule has 1 amide bonds. The fourth-order valence-electron chi connectivity index (χ4n) is 3.12. The van der Waals surface area contributed by atoms with E-state index in [1.807, 2.05) is 4.90 Å². The third-order valence-corrected chi connectivity index (χ3v) is 3.92. The van der Waals surface area contributed by atoms with Crippen LogP contribution in [0.1, 0.15) is 26.7 Å². The van der Waals surface area contributed by atoms with E-state index in [1.54, 1.807) is 0 Å². The maximum atomic E-state index is 11.8. The maximum absolute atomic E-state index is 11.8. The van der Waals surface area contributed by atoms with Gasteiger partial charge in [-0.3, -0.25) is 4.79 Å². The van der Waals surface area contributed by atoms with E-state index in [0.29, 0.717) is 12.3 Å². The fourth-order valence-corrected chi connectivity index (χ4v) is 3.12. The Morgan fingerprint density at radius 1 is 1.44 bits per heavy atom. The SMILES string of the molecule is C#CC1CC(=O)N(CC2CCN(CC(C)C)C2)C1. The molecule has 0 N–H and O–H groups in total. The summed E-state index contributed by atoms with van der Waals surface area (Å²) in [5, 5.41) is 0. The van der Waals surface area contributed by atoms with Crippen LogP contribution in [0, 0.1) is 30.1 Å². The topological polar surface area (TPSA) is 23.6 Å². The minimum Gasteiger partial charge on any atom is -0.341 e. The van der Waals surface area contributed by atoms with Crippen molar-refractivity contribution in [1.82, 2.24) is 9.80 Å². The molecule has 2 fully saturated rings. The summed E-state index contributed by atoms with van der Waals surface area (Å²) >= 11 is 0. The Hall–Kier alpha value is -1.01. The number of nitrogens with zero attached hydrogens (tertiary/aromatic N) is 2. The van der Waals surface area contributed by atoms with Gasteiger partial charge in [-0.15, -0.1) is 12.3 Å². The van der Waals surface area contributed by atoms with Crippen LogP contribution < -0.4 is 0 Å². The average Bonchev–Trinajstić information content (AvgIpc) is 2.86. The zero-order valence-corrected chi connectivity index (χ0v) is 11.6. The molecule has 0 bridgehead atoms. The molecule has 2 saturated heterocycles. The zero-order valence-electron chi connectivity index (χ0n) is 11.6. The smallest absolute Gasteiger partial charge is 0.223 e. The monoisotopic (exact) mass is 248 g/mol. The van der Waals surface area contributed by atoms with Crippen molar-refractivity contribution in [2.75, 3.05) is 32.7 Å². The first kappa shape index (κ1) is 13.4. The molecule has 2 aliphatic heterocycles. The van der Waals surface area contributed by atoms with Gasteiger partial charge in [0.15, 0.2) is 0 Å². The average molecular weight is 248 g/mol. The molecule has 0 aromatic carbocycles. The minimum absolute atomic E-state index is 0.144. The van der Waals surface area contributed by atoms with Gasteiger partial charge in [-0.25, -0.2) is 0 Å². The molecule has 0 aromatic rings. The molecule has 100 valence electrons. The van der Waals surface area contributed by atoms with Gasteiger partial charge in [0, 0.05) is 38.5 Å². The molecule has 3 nitrogen and oxygen atoms in total. The predicted octanol–water partition coefficient (Wildman–Crippen LogP) is 1.45. The molecule has 0 aromatic heterocycles. The van der Waals surface area contributed by atoms with Crippen LogP contribution in [0.25, 0.3) is 0 Å². The third kappa shape index (κ3) is 3.26. The van der Waals surface area contributed by atoms with Gasteiger partial charge < -0.3 is 9.80 Å². The van der Waals surface area contributed by atoms with E-state index in [1.165, 1.54) is 19.5 Å². The van der Waals surface area contributed by atoms with Crippen molar-refractivity contribution in [1.29, 1.82) is 0 Å². The predicted molar refractivity (Wildman–Crippen MR) is 72.9 cm³/mol. The molecule has 3 heteroatoms. The summed E-state index contributed by atoms with van der Waals surface area (Å²) in [6.07, 6.45) is 7.18. The highest BCUT2D eigenvalue weighted by atomic mass is 16.2. The fraction of sp³-hybridized carbons (Fsp3) is 0.800. The summed E-state index contributed by atoms with van der Waals surface area (Å²) in [7, 11) is 0. The van der Waals surface area contributed by atoms with E-state index >= 15 is 0 Å². The van der Waals surface area contributed by atoms with E-state index in [4.69, 9.17) is 6.42 Å². The van der Waals surface area contributed by atoms with Gasteiger partial charge >= 0.3 is 0 Å². The van der Waals surface area contributed by atoms with Crippen molar-refractivity contribution >= 4 is 5.91 Å². The molecule has 0 aliphatic carbocycles. The molecule has 2 rings (SSSR count). The summed E-state index contributed by atoms with van der Waals surface area (Å²) in [6.45, 7) is 9.70. The molecule has 0 spiro atoms. The number of carbonyl (C=O) groups excluding carboxylic acids is 1. The summed E-state index contributed by atoms with van der Waals surface area (Å²) in [4.78, 5) is 16.3. The number of hydrogen-bond donors (Lipinski definition) is 0. The first-order valence-electron chi connectivity index (χ1n) is 7.04. The zero-order chi connectivity index (χ0) is 13.1. The molecule has 0 saturated carbocycles. The Kier molecular flexibility index (Phi) is 4.29. The van der Waals surface area contributed by atoms with Gasteiger partial charge in [-0.2, -0.15) is 0 Å². The van der Waals surface area contributed by atoms with Gasteiger partial charge in [0.1, 0.15) is 0 Å². The van der Waals surface area contributed by atoms with Crippen LogP contribution in [0.3, 0.4) is 0 Å². The maximum Gasteiger partial charge on any atom is 0.223 e. The molecule has 2 atom stereocenters. The van der Waals surface area contributed by atoms with Gasteiger partial charge in [0.2, 0.25) is 5.91 Å². The Bertz CT molecular complexity index is 345. The van der Waals surface area contributed by atoms with E-state index in [-0.39, 0.29) is 11.8 Å². The Labute approximate surface area is 111 Å². The standard InChI is InChI=1S/C15H24N2O/c1-4-13-7-15(18)17(10-13)11-14-5-6-16(9-14)8-12(2)3/h1,12-14H,5-11H2,2-3H3. The first-order chi connectivity index (χ1) is 8.58. The largest absolute Gasteiger partial charge is 0.341 e. The van der Waals surface area contributed by atoms with Crippen LogP contribution in [-0.4, -0.2) is 48.4 Å². The molecular weight excluding hydrogens is 224 g/mol. The van der Waals surface area contributed by atoms with Crippen molar-refractivity contribution < 1.29 is 4.79 Å². The van der Waals surface area contributed by atoms with E-state index in [0.717, 1.165) is 25.6 Å². The van der Waals surface area contributed by atoms with Gasteiger partial charge in [-0.1, -0.05) is 13.8 Å². The normalized spacial score (nSPS) is 29.2. The highest BCUT2D eigenvalue weighted by Crippen LogP contribution is 2.23. The van der Waals surface area contributed by atoms with Crippen LogP contribution in [0.15, 0.2) is 0 Å². The number of likely N-dealkylation sites (tertiary alicyclic amines) is 2. The van der Waals surface area contributed by atoms with Gasteiger partial charge in [0.25, 0.3) is 0 Å². The first-order valence-corrected chi connectivity index (χ1v) is 7.04. The lowest BCUT2D eigenvalue weighted by molar-refractivity contribution is -0.128. The highest BCUT2D eigenvalue weighted by molar-refractivity contribution is 5.79. The van der Waals surface area contributed by atoms with Crippen LogP contribution in [-0.2, 0) is 4.79 Å². The van der Waals surface area contributed by atoms with Crippen molar-refractivity contribution in [2.45, 2.75) is 26.7 Å². The lowest BCUT2D eigenvalue weighted by atomic mass is 10.1. The van der Waals surface area contributed by atoms with E-state index in [2.05, 4.69) is 24.7 Å². The third-order valence-electron chi connectivity index (χ3n) is 3.92. The lowest BCUT2D eigenvalue weighted by Gasteiger charge is -2.22. The number of rotatable bonds is 4. The van der Waals surface area contributed by atoms with Crippen LogP contribution >= 0.6 is 0 Å². The molecule has 2 aliphatic rings. The molecule has 2 heterocycles. The molecular formula is C15H24N2O. The number of amides is 1. The van der Waals surface area contributed by atoms with Crippen molar-refractivity contribution in [3.05, 3.63) is 0 Å². The van der Waals surface area contributed by atoms with Crippen molar-refractivity contribution in [3.63, 3.8) is 0 Å². The Morgan fingerprint density at radius 2 is 2.22 bits per heavy atom. The molecule has 0 radical (unpaired) electrons.